The molecular formula is C16H16FN3O2. The van der Waals surface area contributed by atoms with Crippen LogP contribution in [0.1, 0.15) is 40.5 Å². The van der Waals surface area contributed by atoms with Crippen molar-refractivity contribution in [2.75, 3.05) is 0 Å². The van der Waals surface area contributed by atoms with Crippen molar-refractivity contribution >= 4 is 16.8 Å². The van der Waals surface area contributed by atoms with E-state index in [1.54, 1.807) is 26.0 Å². The highest BCUT2D eigenvalue weighted by molar-refractivity contribution is 5.91. The Hall–Kier alpha value is -2.63. The second kappa shape index (κ2) is 5.29. The Kier molecular flexibility index (Phi) is 3.44. The third-order valence-corrected chi connectivity index (χ3v) is 3.57. The SMILES string of the molecule is Cc1cc(C(=O)N[C@H](C)c2ccc3[nH]c(C)cc3c2F)on1. The van der Waals surface area contributed by atoms with E-state index < -0.39 is 11.9 Å². The van der Waals surface area contributed by atoms with Crippen molar-refractivity contribution in [2.24, 2.45) is 0 Å². The molecule has 0 saturated heterocycles. The van der Waals surface area contributed by atoms with E-state index in [1.807, 2.05) is 13.0 Å². The van der Waals surface area contributed by atoms with Crippen molar-refractivity contribution in [3.8, 4) is 0 Å². The molecule has 0 spiro atoms. The minimum Gasteiger partial charge on any atom is -0.359 e. The molecule has 6 heteroatoms. The van der Waals surface area contributed by atoms with E-state index in [-0.39, 0.29) is 11.6 Å². The van der Waals surface area contributed by atoms with Gasteiger partial charge in [0.1, 0.15) is 5.82 Å². The minimum absolute atomic E-state index is 0.114. The number of carbonyl (C=O) groups excluding carboxylic acids is 1. The number of halogens is 1. The van der Waals surface area contributed by atoms with Crippen molar-refractivity contribution in [3.05, 3.63) is 52.8 Å². The number of H-pyrrole nitrogens is 1. The third-order valence-electron chi connectivity index (χ3n) is 3.57. The van der Waals surface area contributed by atoms with Gasteiger partial charge in [-0.2, -0.15) is 0 Å². The van der Waals surface area contributed by atoms with Crippen LogP contribution in [0.15, 0.2) is 28.8 Å². The Morgan fingerprint density at radius 2 is 2.14 bits per heavy atom. The van der Waals surface area contributed by atoms with Crippen LogP contribution in [0.25, 0.3) is 10.9 Å². The first-order valence-corrected chi connectivity index (χ1v) is 6.97. The Labute approximate surface area is 126 Å². The van der Waals surface area contributed by atoms with E-state index in [4.69, 9.17) is 4.52 Å². The summed E-state index contributed by atoms with van der Waals surface area (Å²) in [5.74, 6) is -0.635. The van der Waals surface area contributed by atoms with Crippen LogP contribution in [0.2, 0.25) is 0 Å². The molecule has 114 valence electrons. The molecule has 0 aliphatic heterocycles. The van der Waals surface area contributed by atoms with E-state index in [2.05, 4.69) is 15.5 Å². The fraction of sp³-hybridized carbons (Fsp3) is 0.250. The fourth-order valence-corrected chi connectivity index (χ4v) is 2.48. The summed E-state index contributed by atoms with van der Waals surface area (Å²) in [6.45, 7) is 5.33. The average Bonchev–Trinajstić information content (AvgIpc) is 3.04. The van der Waals surface area contributed by atoms with E-state index in [1.165, 1.54) is 6.07 Å². The number of aromatic amines is 1. The highest BCUT2D eigenvalue weighted by atomic mass is 19.1. The molecule has 5 nitrogen and oxygen atoms in total. The lowest BCUT2D eigenvalue weighted by Crippen LogP contribution is -2.26. The molecule has 0 bridgehead atoms. The minimum atomic E-state index is -0.488. The Balaban J connectivity index is 1.87. The maximum atomic E-state index is 14.6. The summed E-state index contributed by atoms with van der Waals surface area (Å²) in [7, 11) is 0. The summed E-state index contributed by atoms with van der Waals surface area (Å²) in [6.07, 6.45) is 0. The first-order valence-electron chi connectivity index (χ1n) is 6.97. The number of rotatable bonds is 3. The second-order valence-corrected chi connectivity index (χ2v) is 5.41. The molecular weight excluding hydrogens is 285 g/mol. The van der Waals surface area contributed by atoms with Gasteiger partial charge in [0.05, 0.1) is 11.7 Å². The maximum Gasteiger partial charge on any atom is 0.290 e. The van der Waals surface area contributed by atoms with Crippen molar-refractivity contribution in [1.29, 1.82) is 0 Å². The summed E-state index contributed by atoms with van der Waals surface area (Å²) >= 11 is 0. The molecule has 2 aromatic heterocycles. The first-order chi connectivity index (χ1) is 10.5. The second-order valence-electron chi connectivity index (χ2n) is 5.41. The molecule has 1 atom stereocenters. The van der Waals surface area contributed by atoms with Crippen molar-refractivity contribution in [2.45, 2.75) is 26.8 Å². The maximum absolute atomic E-state index is 14.6. The average molecular weight is 301 g/mol. The number of hydrogen-bond donors (Lipinski definition) is 2. The molecule has 0 radical (unpaired) electrons. The van der Waals surface area contributed by atoms with Gasteiger partial charge in [0.2, 0.25) is 5.76 Å². The number of carbonyl (C=O) groups is 1. The number of benzene rings is 1. The van der Waals surface area contributed by atoms with Gasteiger partial charge in [-0.3, -0.25) is 4.79 Å². The van der Waals surface area contributed by atoms with Crippen LogP contribution in [0.3, 0.4) is 0 Å². The van der Waals surface area contributed by atoms with Crippen LogP contribution in [0.4, 0.5) is 4.39 Å². The number of fused-ring (bicyclic) bond motifs is 1. The van der Waals surface area contributed by atoms with Gasteiger partial charge in [0, 0.05) is 28.2 Å². The van der Waals surface area contributed by atoms with E-state index in [0.717, 1.165) is 11.2 Å². The van der Waals surface area contributed by atoms with E-state index >= 15 is 0 Å². The van der Waals surface area contributed by atoms with Crippen LogP contribution >= 0.6 is 0 Å². The Morgan fingerprint density at radius 1 is 1.36 bits per heavy atom. The zero-order valence-electron chi connectivity index (χ0n) is 12.5. The van der Waals surface area contributed by atoms with Gasteiger partial charge in [0.25, 0.3) is 5.91 Å². The van der Waals surface area contributed by atoms with E-state index in [9.17, 15) is 9.18 Å². The molecule has 0 saturated carbocycles. The predicted molar refractivity (Wildman–Crippen MR) is 80.1 cm³/mol. The van der Waals surface area contributed by atoms with Gasteiger partial charge in [-0.05, 0) is 32.9 Å². The zero-order valence-corrected chi connectivity index (χ0v) is 12.5. The molecule has 3 aromatic rings. The quantitative estimate of drug-likeness (QED) is 0.779. The van der Waals surface area contributed by atoms with Crippen molar-refractivity contribution < 1.29 is 13.7 Å². The Morgan fingerprint density at radius 3 is 2.82 bits per heavy atom. The van der Waals surface area contributed by atoms with Crippen molar-refractivity contribution in [1.82, 2.24) is 15.5 Å². The van der Waals surface area contributed by atoms with E-state index in [0.29, 0.717) is 16.6 Å². The van der Waals surface area contributed by atoms with Gasteiger partial charge in [-0.15, -0.1) is 0 Å². The Bertz CT molecular complexity index is 850. The van der Waals surface area contributed by atoms with Crippen LogP contribution < -0.4 is 5.32 Å². The number of aromatic nitrogens is 2. The predicted octanol–water partition coefficient (Wildman–Crippen LogP) is 3.40. The van der Waals surface area contributed by atoms with Crippen LogP contribution in [0, 0.1) is 19.7 Å². The summed E-state index contributed by atoms with van der Waals surface area (Å²) < 4.78 is 19.5. The molecule has 0 aliphatic carbocycles. The van der Waals surface area contributed by atoms with Gasteiger partial charge < -0.3 is 14.8 Å². The fourth-order valence-electron chi connectivity index (χ4n) is 2.48. The zero-order chi connectivity index (χ0) is 15.9. The monoisotopic (exact) mass is 301 g/mol. The largest absolute Gasteiger partial charge is 0.359 e. The van der Waals surface area contributed by atoms with Crippen LogP contribution in [-0.4, -0.2) is 16.0 Å². The summed E-state index contributed by atoms with van der Waals surface area (Å²) in [6, 6.07) is 6.28. The lowest BCUT2D eigenvalue weighted by molar-refractivity contribution is 0.0902. The summed E-state index contributed by atoms with van der Waals surface area (Å²) in [4.78, 5) is 15.1. The number of hydrogen-bond acceptors (Lipinski definition) is 3. The number of aryl methyl sites for hydroxylation is 2. The topological polar surface area (TPSA) is 70.9 Å². The van der Waals surface area contributed by atoms with Gasteiger partial charge >= 0.3 is 0 Å². The molecule has 3 rings (SSSR count). The van der Waals surface area contributed by atoms with Crippen molar-refractivity contribution in [3.63, 3.8) is 0 Å². The lowest BCUT2D eigenvalue weighted by Gasteiger charge is -2.14. The number of nitrogens with one attached hydrogen (secondary N) is 2. The standard InChI is InChI=1S/C16H16FN3O2/c1-8-6-12-13(18-8)5-4-11(15(12)17)10(3)19-16(21)14-7-9(2)20-22-14/h4-7,10,18H,1-3H3,(H,19,21)/t10-/m1/s1. The van der Waals surface area contributed by atoms with Crippen LogP contribution in [0.5, 0.6) is 0 Å². The van der Waals surface area contributed by atoms with Gasteiger partial charge in [-0.25, -0.2) is 4.39 Å². The third kappa shape index (κ3) is 2.47. The van der Waals surface area contributed by atoms with Crippen LogP contribution in [-0.2, 0) is 0 Å². The molecule has 2 N–H and O–H groups in total. The first kappa shape index (κ1) is 14.3. The molecule has 0 unspecified atom stereocenters. The molecule has 1 aromatic carbocycles. The number of nitrogens with zero attached hydrogens (tertiary/aromatic N) is 1. The molecule has 0 aliphatic rings. The molecule has 22 heavy (non-hydrogen) atoms. The molecule has 1 amide bonds. The molecule has 0 fully saturated rings. The highest BCUT2D eigenvalue weighted by Gasteiger charge is 2.19. The summed E-state index contributed by atoms with van der Waals surface area (Å²) in [5.41, 5.74) is 2.67. The molecule has 2 heterocycles. The smallest absolute Gasteiger partial charge is 0.290 e. The van der Waals surface area contributed by atoms with Gasteiger partial charge in [0.15, 0.2) is 0 Å². The highest BCUT2D eigenvalue weighted by Crippen LogP contribution is 2.26. The van der Waals surface area contributed by atoms with Gasteiger partial charge in [-0.1, -0.05) is 11.2 Å². The lowest BCUT2D eigenvalue weighted by atomic mass is 10.0. The number of amides is 1. The normalized spacial score (nSPS) is 12.5. The summed E-state index contributed by atoms with van der Waals surface area (Å²) in [5, 5.41) is 6.90.